The van der Waals surface area contributed by atoms with Gasteiger partial charge < -0.3 is 15.3 Å². The molecule has 0 aliphatic heterocycles. The van der Waals surface area contributed by atoms with Crippen LogP contribution in [0.2, 0.25) is 0 Å². The van der Waals surface area contributed by atoms with E-state index in [1.807, 2.05) is 0 Å². The number of nitrogens with one attached hydrogen (secondary N) is 1. The average molecular weight is 226 g/mol. The quantitative estimate of drug-likeness (QED) is 0.805. The number of amides is 2. The van der Waals surface area contributed by atoms with Crippen molar-refractivity contribution in [3.8, 4) is 0 Å². The highest BCUT2D eigenvalue weighted by Crippen LogP contribution is 2.15. The van der Waals surface area contributed by atoms with Crippen LogP contribution in [0, 0.1) is 5.82 Å². The fourth-order valence-corrected chi connectivity index (χ4v) is 1.00. The molecule has 1 aromatic carbocycles. The van der Waals surface area contributed by atoms with Gasteiger partial charge in [-0.3, -0.25) is 0 Å². The third-order valence-corrected chi connectivity index (χ3v) is 1.85. The second-order valence-corrected chi connectivity index (χ2v) is 3.32. The first kappa shape index (κ1) is 12.0. The van der Waals surface area contributed by atoms with E-state index in [-0.39, 0.29) is 5.69 Å². The summed E-state index contributed by atoms with van der Waals surface area (Å²) in [6, 6.07) is 2.94. The lowest BCUT2D eigenvalue weighted by Gasteiger charge is -2.12. The van der Waals surface area contributed by atoms with Crippen LogP contribution in [-0.4, -0.2) is 36.1 Å². The van der Waals surface area contributed by atoms with Crippen LogP contribution in [0.1, 0.15) is 10.4 Å². The highest BCUT2D eigenvalue weighted by atomic mass is 19.1. The zero-order valence-corrected chi connectivity index (χ0v) is 8.82. The van der Waals surface area contributed by atoms with E-state index in [4.69, 9.17) is 5.11 Å². The van der Waals surface area contributed by atoms with Gasteiger partial charge in [0.2, 0.25) is 0 Å². The number of halogens is 1. The van der Waals surface area contributed by atoms with Gasteiger partial charge in [0.05, 0.1) is 5.56 Å². The molecule has 6 heteroatoms. The largest absolute Gasteiger partial charge is 0.478 e. The van der Waals surface area contributed by atoms with Crippen molar-refractivity contribution in [1.29, 1.82) is 0 Å². The van der Waals surface area contributed by atoms with Gasteiger partial charge in [-0.1, -0.05) is 0 Å². The molecule has 2 N–H and O–H groups in total. The fourth-order valence-electron chi connectivity index (χ4n) is 1.00. The number of hydrogen-bond donors (Lipinski definition) is 2. The SMILES string of the molecule is CN(C)C(=O)Nc1ccc(F)c(C(=O)O)c1. The maximum Gasteiger partial charge on any atom is 0.338 e. The third kappa shape index (κ3) is 2.69. The Balaban J connectivity index is 2.95. The summed E-state index contributed by atoms with van der Waals surface area (Å²) in [4.78, 5) is 23.2. The number of benzene rings is 1. The van der Waals surface area contributed by atoms with Crippen molar-refractivity contribution in [2.75, 3.05) is 19.4 Å². The predicted molar refractivity (Wildman–Crippen MR) is 56.1 cm³/mol. The van der Waals surface area contributed by atoms with Gasteiger partial charge in [0.1, 0.15) is 5.82 Å². The molecule has 1 aromatic rings. The zero-order valence-electron chi connectivity index (χ0n) is 8.82. The number of hydrogen-bond acceptors (Lipinski definition) is 2. The Kier molecular flexibility index (Phi) is 3.44. The first-order chi connectivity index (χ1) is 7.41. The van der Waals surface area contributed by atoms with E-state index in [1.165, 1.54) is 25.1 Å². The number of carboxylic acid groups (broad SMARTS) is 1. The molecule has 0 aliphatic carbocycles. The van der Waals surface area contributed by atoms with Crippen molar-refractivity contribution >= 4 is 17.7 Å². The monoisotopic (exact) mass is 226 g/mol. The van der Waals surface area contributed by atoms with Crippen molar-refractivity contribution < 1.29 is 19.1 Å². The van der Waals surface area contributed by atoms with Crippen LogP contribution in [-0.2, 0) is 0 Å². The summed E-state index contributed by atoms with van der Waals surface area (Å²) < 4.78 is 13.0. The first-order valence-electron chi connectivity index (χ1n) is 4.43. The molecule has 2 amide bonds. The van der Waals surface area contributed by atoms with Gasteiger partial charge in [-0.2, -0.15) is 0 Å². The molecule has 0 heterocycles. The van der Waals surface area contributed by atoms with Crippen LogP contribution >= 0.6 is 0 Å². The fraction of sp³-hybridized carbons (Fsp3) is 0.200. The van der Waals surface area contributed by atoms with Gasteiger partial charge in [0, 0.05) is 19.8 Å². The first-order valence-corrected chi connectivity index (χ1v) is 4.43. The lowest BCUT2D eigenvalue weighted by atomic mass is 10.2. The highest BCUT2D eigenvalue weighted by Gasteiger charge is 2.12. The van der Waals surface area contributed by atoms with Crippen LogP contribution in [0.15, 0.2) is 18.2 Å². The highest BCUT2D eigenvalue weighted by molar-refractivity contribution is 5.93. The number of anilines is 1. The van der Waals surface area contributed by atoms with E-state index >= 15 is 0 Å². The number of carbonyl (C=O) groups is 2. The standard InChI is InChI=1S/C10H11FN2O3/c1-13(2)10(16)12-6-3-4-8(11)7(5-6)9(14)15/h3-5H,1-2H3,(H,12,16)(H,14,15). The second-order valence-electron chi connectivity index (χ2n) is 3.32. The molecule has 16 heavy (non-hydrogen) atoms. The lowest BCUT2D eigenvalue weighted by Crippen LogP contribution is -2.27. The Labute approximate surface area is 91.5 Å². The number of rotatable bonds is 2. The van der Waals surface area contributed by atoms with Crippen molar-refractivity contribution in [2.24, 2.45) is 0 Å². The summed E-state index contributed by atoms with van der Waals surface area (Å²) >= 11 is 0. The van der Waals surface area contributed by atoms with E-state index in [0.29, 0.717) is 0 Å². The summed E-state index contributed by atoms with van der Waals surface area (Å²) in [6.07, 6.45) is 0. The number of carboxylic acids is 1. The molecule has 0 aromatic heterocycles. The van der Waals surface area contributed by atoms with Crippen molar-refractivity contribution in [3.63, 3.8) is 0 Å². The van der Waals surface area contributed by atoms with E-state index in [2.05, 4.69) is 5.32 Å². The second kappa shape index (κ2) is 4.61. The van der Waals surface area contributed by atoms with Crippen LogP contribution in [0.5, 0.6) is 0 Å². The Hall–Kier alpha value is -2.11. The Bertz CT molecular complexity index is 432. The number of urea groups is 1. The third-order valence-electron chi connectivity index (χ3n) is 1.85. The number of nitrogens with zero attached hydrogens (tertiary/aromatic N) is 1. The molecule has 0 saturated carbocycles. The van der Waals surface area contributed by atoms with Gasteiger partial charge in [-0.25, -0.2) is 14.0 Å². The van der Waals surface area contributed by atoms with Crippen molar-refractivity contribution in [3.05, 3.63) is 29.6 Å². The molecule has 0 radical (unpaired) electrons. The average Bonchev–Trinajstić information content (AvgIpc) is 2.20. The summed E-state index contributed by atoms with van der Waals surface area (Å²) in [5.41, 5.74) is -0.242. The predicted octanol–water partition coefficient (Wildman–Crippen LogP) is 1.62. The number of aromatic carboxylic acids is 1. The number of carbonyl (C=O) groups excluding carboxylic acids is 1. The molecule has 5 nitrogen and oxygen atoms in total. The zero-order chi connectivity index (χ0) is 12.3. The van der Waals surface area contributed by atoms with E-state index in [9.17, 15) is 14.0 Å². The Morgan fingerprint density at radius 3 is 2.50 bits per heavy atom. The molecular formula is C10H11FN2O3. The normalized spacial score (nSPS) is 9.69. The minimum absolute atomic E-state index is 0.234. The molecule has 86 valence electrons. The van der Waals surface area contributed by atoms with Crippen molar-refractivity contribution in [2.45, 2.75) is 0 Å². The summed E-state index contributed by atoms with van der Waals surface area (Å²) in [7, 11) is 3.08. The lowest BCUT2D eigenvalue weighted by molar-refractivity contribution is 0.0692. The molecule has 0 aliphatic rings. The maximum atomic E-state index is 13.0. The molecule has 1 rings (SSSR count). The summed E-state index contributed by atoms with van der Waals surface area (Å²) in [5, 5.41) is 11.1. The van der Waals surface area contributed by atoms with E-state index in [1.54, 1.807) is 0 Å². The molecule has 0 atom stereocenters. The van der Waals surface area contributed by atoms with Crippen LogP contribution in [0.25, 0.3) is 0 Å². The van der Waals surface area contributed by atoms with Gasteiger partial charge in [0.25, 0.3) is 0 Å². The van der Waals surface area contributed by atoms with E-state index in [0.717, 1.165) is 12.1 Å². The maximum absolute atomic E-state index is 13.0. The molecule has 0 spiro atoms. The van der Waals surface area contributed by atoms with Crippen LogP contribution < -0.4 is 5.32 Å². The minimum Gasteiger partial charge on any atom is -0.478 e. The molecular weight excluding hydrogens is 215 g/mol. The van der Waals surface area contributed by atoms with E-state index < -0.39 is 23.4 Å². The molecule has 0 fully saturated rings. The van der Waals surface area contributed by atoms with Gasteiger partial charge >= 0.3 is 12.0 Å². The summed E-state index contributed by atoms with van der Waals surface area (Å²) in [5.74, 6) is -2.21. The van der Waals surface area contributed by atoms with Crippen LogP contribution in [0.4, 0.5) is 14.9 Å². The van der Waals surface area contributed by atoms with Gasteiger partial charge in [-0.05, 0) is 18.2 Å². The summed E-state index contributed by atoms with van der Waals surface area (Å²) in [6.45, 7) is 0. The van der Waals surface area contributed by atoms with Gasteiger partial charge in [-0.15, -0.1) is 0 Å². The minimum atomic E-state index is -1.38. The molecule has 0 saturated heterocycles. The van der Waals surface area contributed by atoms with Crippen LogP contribution in [0.3, 0.4) is 0 Å². The van der Waals surface area contributed by atoms with Gasteiger partial charge in [0.15, 0.2) is 0 Å². The Morgan fingerprint density at radius 1 is 1.38 bits per heavy atom. The smallest absolute Gasteiger partial charge is 0.338 e. The van der Waals surface area contributed by atoms with Crippen molar-refractivity contribution in [1.82, 2.24) is 4.90 Å². The Morgan fingerprint density at radius 2 is 2.00 bits per heavy atom. The molecule has 0 unspecified atom stereocenters. The topological polar surface area (TPSA) is 69.6 Å². The molecule has 0 bridgehead atoms.